The van der Waals surface area contributed by atoms with Gasteiger partial charge in [-0.1, -0.05) is 24.2 Å². The van der Waals surface area contributed by atoms with E-state index in [-0.39, 0.29) is 11.9 Å². The number of methoxy groups -OCH3 is 1. The molecule has 0 saturated carbocycles. The zero-order valence-corrected chi connectivity index (χ0v) is 16.2. The Hall–Kier alpha value is -2.38. The molecular formula is C20H27N3O4. The fourth-order valence-electron chi connectivity index (χ4n) is 3.40. The average Bonchev–Trinajstić information content (AvgIpc) is 3.10. The quantitative estimate of drug-likeness (QED) is 0.803. The van der Waals surface area contributed by atoms with Gasteiger partial charge in [0, 0.05) is 19.6 Å². The minimum atomic E-state index is -0.141. The van der Waals surface area contributed by atoms with E-state index in [2.05, 4.69) is 15.4 Å². The molecule has 1 unspecified atom stereocenters. The van der Waals surface area contributed by atoms with Gasteiger partial charge in [-0.25, -0.2) is 0 Å². The minimum Gasteiger partial charge on any atom is -0.497 e. The molecule has 1 atom stereocenters. The highest BCUT2D eigenvalue weighted by Crippen LogP contribution is 2.24. The number of amides is 1. The first-order valence-electron chi connectivity index (χ1n) is 9.33. The van der Waals surface area contributed by atoms with E-state index in [1.807, 2.05) is 31.2 Å². The van der Waals surface area contributed by atoms with Gasteiger partial charge in [-0.15, -0.1) is 0 Å². The van der Waals surface area contributed by atoms with Gasteiger partial charge < -0.3 is 19.3 Å². The summed E-state index contributed by atoms with van der Waals surface area (Å²) < 4.78 is 15.9. The van der Waals surface area contributed by atoms with Crippen LogP contribution in [0.15, 0.2) is 28.8 Å². The van der Waals surface area contributed by atoms with Crippen LogP contribution in [0.25, 0.3) is 0 Å². The average molecular weight is 373 g/mol. The molecule has 7 heteroatoms. The van der Waals surface area contributed by atoms with Crippen LogP contribution in [0.3, 0.4) is 0 Å². The Morgan fingerprint density at radius 1 is 1.30 bits per heavy atom. The van der Waals surface area contributed by atoms with Crippen molar-refractivity contribution in [1.29, 1.82) is 0 Å². The molecule has 1 aliphatic rings. The molecule has 1 saturated heterocycles. The number of morpholine rings is 1. The molecule has 1 N–H and O–H groups in total. The predicted molar refractivity (Wildman–Crippen MR) is 101 cm³/mol. The summed E-state index contributed by atoms with van der Waals surface area (Å²) in [6.45, 7) is 7.29. The summed E-state index contributed by atoms with van der Waals surface area (Å²) in [5, 5.41) is 7.05. The van der Waals surface area contributed by atoms with E-state index in [1.54, 1.807) is 14.0 Å². The van der Waals surface area contributed by atoms with Crippen LogP contribution in [-0.2, 0) is 11.2 Å². The highest BCUT2D eigenvalue weighted by molar-refractivity contribution is 5.96. The van der Waals surface area contributed by atoms with Crippen LogP contribution in [0.2, 0.25) is 0 Å². The standard InChI is InChI=1S/C20H27N3O4/c1-4-17-19(14(2)27-22-17)20(24)21-13-18(23-9-11-26-12-10-23)15-5-7-16(25-3)8-6-15/h5-8,18H,4,9-13H2,1-3H3,(H,21,24). The number of nitrogens with one attached hydrogen (secondary N) is 1. The largest absolute Gasteiger partial charge is 0.497 e. The third kappa shape index (κ3) is 4.48. The first kappa shape index (κ1) is 19.4. The fraction of sp³-hybridized carbons (Fsp3) is 0.500. The smallest absolute Gasteiger partial charge is 0.256 e. The van der Waals surface area contributed by atoms with Gasteiger partial charge in [-0.2, -0.15) is 0 Å². The molecule has 2 aromatic rings. The summed E-state index contributed by atoms with van der Waals surface area (Å²) >= 11 is 0. The Bertz CT molecular complexity index is 751. The lowest BCUT2D eigenvalue weighted by molar-refractivity contribution is 0.0162. The molecule has 0 bridgehead atoms. The van der Waals surface area contributed by atoms with Crippen LogP contribution < -0.4 is 10.1 Å². The zero-order chi connectivity index (χ0) is 19.2. The van der Waals surface area contributed by atoms with Gasteiger partial charge in [0.15, 0.2) is 0 Å². The highest BCUT2D eigenvalue weighted by Gasteiger charge is 2.25. The zero-order valence-electron chi connectivity index (χ0n) is 16.2. The first-order chi connectivity index (χ1) is 13.1. The van der Waals surface area contributed by atoms with Crippen molar-refractivity contribution in [2.24, 2.45) is 0 Å². The summed E-state index contributed by atoms with van der Waals surface area (Å²) in [5.41, 5.74) is 2.38. The van der Waals surface area contributed by atoms with Crippen molar-refractivity contribution in [3.05, 3.63) is 46.8 Å². The number of aromatic nitrogens is 1. The van der Waals surface area contributed by atoms with Crippen LogP contribution in [0, 0.1) is 6.92 Å². The number of hydrogen-bond acceptors (Lipinski definition) is 6. The van der Waals surface area contributed by atoms with Crippen molar-refractivity contribution in [1.82, 2.24) is 15.4 Å². The number of carbonyl (C=O) groups is 1. The van der Waals surface area contributed by atoms with Gasteiger partial charge >= 0.3 is 0 Å². The van der Waals surface area contributed by atoms with Crippen LogP contribution >= 0.6 is 0 Å². The SMILES string of the molecule is CCc1noc(C)c1C(=O)NCC(c1ccc(OC)cc1)N1CCOCC1. The molecule has 1 aromatic heterocycles. The third-order valence-corrected chi connectivity index (χ3v) is 4.94. The van der Waals surface area contributed by atoms with Crippen LogP contribution in [0.5, 0.6) is 5.75 Å². The van der Waals surface area contributed by atoms with E-state index in [4.69, 9.17) is 14.0 Å². The van der Waals surface area contributed by atoms with Gasteiger partial charge in [0.25, 0.3) is 5.91 Å². The number of rotatable bonds is 7. The maximum Gasteiger partial charge on any atom is 0.256 e. The summed E-state index contributed by atoms with van der Waals surface area (Å²) in [6, 6.07) is 8.06. The Morgan fingerprint density at radius 3 is 2.63 bits per heavy atom. The molecule has 7 nitrogen and oxygen atoms in total. The molecule has 0 spiro atoms. The second-order valence-electron chi connectivity index (χ2n) is 6.56. The number of hydrogen-bond donors (Lipinski definition) is 1. The van der Waals surface area contributed by atoms with Crippen LogP contribution in [-0.4, -0.2) is 55.9 Å². The van der Waals surface area contributed by atoms with Gasteiger partial charge in [0.1, 0.15) is 17.1 Å². The molecule has 0 aliphatic carbocycles. The molecule has 146 valence electrons. The van der Waals surface area contributed by atoms with Gasteiger partial charge in [-0.05, 0) is 31.0 Å². The van der Waals surface area contributed by atoms with Crippen molar-refractivity contribution in [3.63, 3.8) is 0 Å². The molecule has 2 heterocycles. The monoisotopic (exact) mass is 373 g/mol. The van der Waals surface area contributed by atoms with Gasteiger partial charge in [0.2, 0.25) is 0 Å². The first-order valence-corrected chi connectivity index (χ1v) is 9.33. The second kappa shape index (κ2) is 9.01. The predicted octanol–water partition coefficient (Wildman–Crippen LogP) is 2.36. The van der Waals surface area contributed by atoms with Crippen molar-refractivity contribution >= 4 is 5.91 Å². The number of aryl methyl sites for hydroxylation is 2. The van der Waals surface area contributed by atoms with Crippen LogP contribution in [0.1, 0.15) is 40.3 Å². The van der Waals surface area contributed by atoms with Gasteiger partial charge in [-0.3, -0.25) is 9.69 Å². The lowest BCUT2D eigenvalue weighted by atomic mass is 10.0. The molecule has 1 fully saturated rings. The van der Waals surface area contributed by atoms with E-state index in [9.17, 15) is 4.79 Å². The molecular weight excluding hydrogens is 346 g/mol. The summed E-state index contributed by atoms with van der Waals surface area (Å²) in [7, 11) is 1.65. The molecule has 1 amide bonds. The van der Waals surface area contributed by atoms with Gasteiger partial charge in [0.05, 0.1) is 32.1 Å². The van der Waals surface area contributed by atoms with Crippen molar-refractivity contribution in [3.8, 4) is 5.75 Å². The normalized spacial score (nSPS) is 16.1. The van der Waals surface area contributed by atoms with E-state index in [1.165, 1.54) is 0 Å². The number of nitrogens with zero attached hydrogens (tertiary/aromatic N) is 2. The third-order valence-electron chi connectivity index (χ3n) is 4.94. The van der Waals surface area contributed by atoms with E-state index >= 15 is 0 Å². The van der Waals surface area contributed by atoms with E-state index in [0.29, 0.717) is 43.2 Å². The van der Waals surface area contributed by atoms with Crippen molar-refractivity contribution < 1.29 is 18.8 Å². The minimum absolute atomic E-state index is 0.0639. The van der Waals surface area contributed by atoms with E-state index < -0.39 is 0 Å². The fourth-order valence-corrected chi connectivity index (χ4v) is 3.40. The highest BCUT2D eigenvalue weighted by atomic mass is 16.5. The maximum atomic E-state index is 12.8. The summed E-state index contributed by atoms with van der Waals surface area (Å²) in [4.78, 5) is 15.1. The van der Waals surface area contributed by atoms with Crippen molar-refractivity contribution in [2.75, 3.05) is 40.0 Å². The molecule has 3 rings (SSSR count). The molecule has 0 radical (unpaired) electrons. The van der Waals surface area contributed by atoms with Crippen LogP contribution in [0.4, 0.5) is 0 Å². The lowest BCUT2D eigenvalue weighted by Crippen LogP contribution is -2.44. The van der Waals surface area contributed by atoms with Crippen molar-refractivity contribution in [2.45, 2.75) is 26.3 Å². The summed E-state index contributed by atoms with van der Waals surface area (Å²) in [5.74, 6) is 1.23. The number of benzene rings is 1. The topological polar surface area (TPSA) is 76.8 Å². The number of ether oxygens (including phenoxy) is 2. The molecule has 27 heavy (non-hydrogen) atoms. The lowest BCUT2D eigenvalue weighted by Gasteiger charge is -2.35. The Morgan fingerprint density at radius 2 is 2.00 bits per heavy atom. The Labute approximate surface area is 159 Å². The summed E-state index contributed by atoms with van der Waals surface area (Å²) in [6.07, 6.45) is 0.658. The Balaban J connectivity index is 1.76. The molecule has 1 aromatic carbocycles. The Kier molecular flexibility index (Phi) is 6.47. The van der Waals surface area contributed by atoms with E-state index in [0.717, 1.165) is 24.4 Å². The number of carbonyl (C=O) groups excluding carboxylic acids is 1. The molecule has 1 aliphatic heterocycles. The maximum absolute atomic E-state index is 12.8. The second-order valence-corrected chi connectivity index (χ2v) is 6.56.